The van der Waals surface area contributed by atoms with Crippen LogP contribution in [0, 0.1) is 18.9 Å². The van der Waals surface area contributed by atoms with Crippen molar-refractivity contribution in [2.24, 2.45) is 0 Å². The van der Waals surface area contributed by atoms with Gasteiger partial charge in [0.25, 0.3) is 0 Å². The first-order valence-corrected chi connectivity index (χ1v) is 6.10. The van der Waals surface area contributed by atoms with E-state index in [2.05, 4.69) is 52.7 Å². The van der Waals surface area contributed by atoms with Crippen molar-refractivity contribution in [2.45, 2.75) is 59.8 Å². The van der Waals surface area contributed by atoms with Gasteiger partial charge in [-0.05, 0) is 0 Å². The number of hydrogen-bond donors (Lipinski definition) is 0. The van der Waals surface area contributed by atoms with Gasteiger partial charge in [0.15, 0.2) is 0 Å². The second kappa shape index (κ2) is 36.1. The summed E-state index contributed by atoms with van der Waals surface area (Å²) < 4.78 is 0. The van der Waals surface area contributed by atoms with Crippen LogP contribution in [0.5, 0.6) is 0 Å². The Bertz CT molecular complexity index is 125. The summed E-state index contributed by atoms with van der Waals surface area (Å²) in [6.07, 6.45) is 19.5. The maximum absolute atomic E-state index is 2.99. The summed E-state index contributed by atoms with van der Waals surface area (Å²) in [5.74, 6) is 0. The number of hydrogen-bond acceptors (Lipinski definition) is 0. The fourth-order valence-electron chi connectivity index (χ4n) is 0.918. The van der Waals surface area contributed by atoms with Crippen LogP contribution in [0.15, 0.2) is 18.2 Å². The van der Waals surface area contributed by atoms with Gasteiger partial charge >= 0.3 is 26.2 Å². The monoisotopic (exact) mass is 367 g/mol. The molecular formula is C15H27Cl2Zr-3. The SMILES string of the molecule is C[CH-]CCC.C[CH-]CCC.[C-]1=CC=CC1.[Cl-].[Cl-].[Zr+2]. The van der Waals surface area contributed by atoms with Gasteiger partial charge in [0.05, 0.1) is 0 Å². The summed E-state index contributed by atoms with van der Waals surface area (Å²) in [6.45, 7) is 8.53. The van der Waals surface area contributed by atoms with Crippen LogP contribution in [0.4, 0.5) is 0 Å². The topological polar surface area (TPSA) is 0 Å². The summed E-state index contributed by atoms with van der Waals surface area (Å²) in [5.41, 5.74) is 0. The van der Waals surface area contributed by atoms with Gasteiger partial charge in [-0.15, -0.1) is 6.42 Å². The fourth-order valence-corrected chi connectivity index (χ4v) is 0.918. The zero-order valence-electron chi connectivity index (χ0n) is 12.2. The minimum Gasteiger partial charge on any atom is -1.00 e. The first-order chi connectivity index (χ1) is 7.33. The molecule has 3 heteroatoms. The number of rotatable bonds is 4. The van der Waals surface area contributed by atoms with E-state index in [1.165, 1.54) is 25.7 Å². The van der Waals surface area contributed by atoms with Crippen molar-refractivity contribution in [3.63, 3.8) is 0 Å². The molecule has 0 amide bonds. The van der Waals surface area contributed by atoms with Crippen molar-refractivity contribution < 1.29 is 51.0 Å². The summed E-state index contributed by atoms with van der Waals surface area (Å²) >= 11 is 0. The largest absolute Gasteiger partial charge is 2.00 e. The molecule has 0 saturated heterocycles. The third-order valence-corrected chi connectivity index (χ3v) is 1.74. The normalized spacial score (nSPS) is 9.56. The molecule has 0 nitrogen and oxygen atoms in total. The average molecular weight is 370 g/mol. The molecule has 0 spiro atoms. The van der Waals surface area contributed by atoms with E-state index in [0.717, 1.165) is 6.42 Å². The van der Waals surface area contributed by atoms with Gasteiger partial charge < -0.3 is 37.7 Å². The van der Waals surface area contributed by atoms with Gasteiger partial charge in [-0.2, -0.15) is 32.8 Å². The molecule has 0 N–H and O–H groups in total. The zero-order chi connectivity index (χ0) is 11.8. The molecule has 0 bridgehead atoms. The number of allylic oxidation sites excluding steroid dienone is 4. The van der Waals surface area contributed by atoms with Gasteiger partial charge in [0, 0.05) is 0 Å². The van der Waals surface area contributed by atoms with Gasteiger partial charge in [0.1, 0.15) is 0 Å². The molecule has 108 valence electrons. The predicted octanol–water partition coefficient (Wildman–Crippen LogP) is -0.667. The molecule has 0 aromatic heterocycles. The van der Waals surface area contributed by atoms with Crippen LogP contribution in [0.1, 0.15) is 59.8 Å². The minimum absolute atomic E-state index is 0. The van der Waals surface area contributed by atoms with Crippen molar-refractivity contribution in [2.75, 3.05) is 0 Å². The Morgan fingerprint density at radius 3 is 1.50 bits per heavy atom. The van der Waals surface area contributed by atoms with Crippen molar-refractivity contribution in [1.29, 1.82) is 0 Å². The van der Waals surface area contributed by atoms with E-state index in [4.69, 9.17) is 0 Å². The van der Waals surface area contributed by atoms with Crippen LogP contribution < -0.4 is 24.8 Å². The van der Waals surface area contributed by atoms with Gasteiger partial charge in [-0.25, -0.2) is 12.2 Å². The fraction of sp³-hybridized carbons (Fsp3) is 0.600. The Hall–Kier alpha value is 0.943. The molecule has 0 aliphatic heterocycles. The molecule has 0 aromatic rings. The van der Waals surface area contributed by atoms with E-state index in [0.29, 0.717) is 0 Å². The third-order valence-electron chi connectivity index (χ3n) is 1.74. The molecule has 1 aliphatic carbocycles. The Morgan fingerprint density at radius 2 is 1.44 bits per heavy atom. The molecule has 0 atom stereocenters. The molecule has 0 unspecified atom stereocenters. The predicted molar refractivity (Wildman–Crippen MR) is 71.3 cm³/mol. The van der Waals surface area contributed by atoms with Crippen molar-refractivity contribution in [1.82, 2.24) is 0 Å². The van der Waals surface area contributed by atoms with Crippen LogP contribution in [-0.2, 0) is 26.2 Å². The van der Waals surface area contributed by atoms with Crippen molar-refractivity contribution >= 4 is 0 Å². The van der Waals surface area contributed by atoms with E-state index in [9.17, 15) is 0 Å². The van der Waals surface area contributed by atoms with Gasteiger partial charge in [-0.3, -0.25) is 6.08 Å². The summed E-state index contributed by atoms with van der Waals surface area (Å²) in [7, 11) is 0. The Labute approximate surface area is 147 Å². The summed E-state index contributed by atoms with van der Waals surface area (Å²) in [4.78, 5) is 0. The van der Waals surface area contributed by atoms with E-state index in [1.54, 1.807) is 0 Å². The molecular weight excluding hydrogens is 342 g/mol. The average Bonchev–Trinajstić information content (AvgIpc) is 2.79. The van der Waals surface area contributed by atoms with Crippen LogP contribution in [0.2, 0.25) is 0 Å². The number of halogens is 2. The molecule has 18 heavy (non-hydrogen) atoms. The molecule has 0 saturated carbocycles. The van der Waals surface area contributed by atoms with Gasteiger partial charge in [-0.1, -0.05) is 26.7 Å². The van der Waals surface area contributed by atoms with Crippen molar-refractivity contribution in [3.05, 3.63) is 37.1 Å². The quantitative estimate of drug-likeness (QED) is 0.577. The third kappa shape index (κ3) is 43.6. The van der Waals surface area contributed by atoms with Crippen LogP contribution >= 0.6 is 0 Å². The second-order valence-corrected chi connectivity index (χ2v) is 3.40. The van der Waals surface area contributed by atoms with E-state index in [-0.39, 0.29) is 51.0 Å². The van der Waals surface area contributed by atoms with Crippen LogP contribution in [0.25, 0.3) is 0 Å². The molecule has 1 rings (SSSR count). The van der Waals surface area contributed by atoms with Crippen LogP contribution in [-0.4, -0.2) is 0 Å². The first-order valence-electron chi connectivity index (χ1n) is 6.10. The second-order valence-electron chi connectivity index (χ2n) is 3.40. The minimum atomic E-state index is 0. The Morgan fingerprint density at radius 1 is 1.00 bits per heavy atom. The number of unbranched alkanes of at least 4 members (excludes halogenated alkanes) is 4. The molecule has 0 heterocycles. The molecule has 0 fully saturated rings. The first kappa shape index (κ1) is 31.4. The smallest absolute Gasteiger partial charge is 1.00 e. The zero-order valence-corrected chi connectivity index (χ0v) is 16.1. The molecule has 0 aromatic carbocycles. The van der Waals surface area contributed by atoms with Crippen molar-refractivity contribution in [3.8, 4) is 0 Å². The van der Waals surface area contributed by atoms with Gasteiger partial charge in [0.2, 0.25) is 0 Å². The Kier molecular flexibility index (Phi) is 62.9. The van der Waals surface area contributed by atoms with E-state index >= 15 is 0 Å². The van der Waals surface area contributed by atoms with E-state index < -0.39 is 0 Å². The summed E-state index contributed by atoms with van der Waals surface area (Å²) in [6, 6.07) is 0. The van der Waals surface area contributed by atoms with Crippen LogP contribution in [0.3, 0.4) is 0 Å². The maximum Gasteiger partial charge on any atom is 2.00 e. The summed E-state index contributed by atoms with van der Waals surface area (Å²) in [5, 5.41) is 0. The van der Waals surface area contributed by atoms with E-state index in [1.807, 2.05) is 12.2 Å². The standard InChI is InChI=1S/C5H5.2C5H11.2ClH.Zr/c1-2-4-5-3-1;2*1-3-5-4-2;;;/h1-3H,4H2;2*3H,4-5H2,1-2H3;2*1H;/q3*-1;;;+2/p-2. The maximum atomic E-state index is 2.99. The molecule has 0 radical (unpaired) electrons. The Balaban J connectivity index is -0.0000000433. The molecule has 1 aliphatic rings.